The fraction of sp³-hybridized carbons (Fsp3) is 0.0952. The zero-order valence-corrected chi connectivity index (χ0v) is 14.1. The Bertz CT molecular complexity index is 826. The van der Waals surface area contributed by atoms with Crippen LogP contribution in [0, 0.1) is 11.3 Å². The zero-order valence-electron chi connectivity index (χ0n) is 13.2. The highest BCUT2D eigenvalue weighted by Crippen LogP contribution is 2.46. The third-order valence-corrected chi connectivity index (χ3v) is 7.29. The lowest BCUT2D eigenvalue weighted by molar-refractivity contribution is 0.585. The molecule has 2 nitrogen and oxygen atoms in total. The van der Waals surface area contributed by atoms with Crippen LogP contribution in [0.1, 0.15) is 11.5 Å². The Morgan fingerprint density at radius 1 is 0.750 bits per heavy atom. The summed E-state index contributed by atoms with van der Waals surface area (Å²) in [6.45, 7) is 0. The van der Waals surface area contributed by atoms with E-state index in [1.807, 2.05) is 91.0 Å². The minimum atomic E-state index is -2.88. The molecule has 0 bridgehead atoms. The van der Waals surface area contributed by atoms with E-state index < -0.39 is 13.1 Å². The molecule has 0 N–H and O–H groups in total. The number of hydrogen-bond acceptors (Lipinski definition) is 2. The average Bonchev–Trinajstić information content (AvgIpc) is 2.68. The average molecular weight is 331 g/mol. The fourth-order valence-corrected chi connectivity index (χ4v) is 5.69. The second-order valence-electron chi connectivity index (χ2n) is 5.69. The zero-order chi connectivity index (χ0) is 16.8. The van der Waals surface area contributed by atoms with Gasteiger partial charge in [0.1, 0.15) is 7.14 Å². The first kappa shape index (κ1) is 16.2. The van der Waals surface area contributed by atoms with Crippen molar-refractivity contribution in [2.45, 2.75) is 5.92 Å². The van der Waals surface area contributed by atoms with Gasteiger partial charge in [0.05, 0.1) is 12.0 Å². The second-order valence-corrected chi connectivity index (χ2v) is 8.56. The smallest absolute Gasteiger partial charge is 0.144 e. The maximum absolute atomic E-state index is 14.0. The summed E-state index contributed by atoms with van der Waals surface area (Å²) >= 11 is 0. The van der Waals surface area contributed by atoms with Crippen LogP contribution in [0.25, 0.3) is 0 Å². The third-order valence-electron chi connectivity index (χ3n) is 4.14. The van der Waals surface area contributed by atoms with Gasteiger partial charge in [0, 0.05) is 16.8 Å². The summed E-state index contributed by atoms with van der Waals surface area (Å²) in [7, 11) is -2.88. The minimum Gasteiger partial charge on any atom is -0.314 e. The van der Waals surface area contributed by atoms with Crippen LogP contribution in [0.5, 0.6) is 0 Å². The molecule has 0 aliphatic heterocycles. The number of rotatable bonds is 5. The topological polar surface area (TPSA) is 40.9 Å². The van der Waals surface area contributed by atoms with Gasteiger partial charge in [-0.15, -0.1) is 0 Å². The molecule has 0 saturated heterocycles. The van der Waals surface area contributed by atoms with Crippen LogP contribution in [-0.2, 0) is 4.57 Å². The van der Waals surface area contributed by atoms with Crippen LogP contribution < -0.4 is 10.6 Å². The van der Waals surface area contributed by atoms with Gasteiger partial charge >= 0.3 is 0 Å². The van der Waals surface area contributed by atoms with Crippen molar-refractivity contribution in [2.24, 2.45) is 0 Å². The van der Waals surface area contributed by atoms with Gasteiger partial charge in [0.15, 0.2) is 0 Å². The SMILES string of the molecule is N#CC(CP(=O)(c1ccccc1)c1ccccc1)c1ccccc1. The van der Waals surface area contributed by atoms with Crippen molar-refractivity contribution in [2.75, 3.05) is 6.16 Å². The highest BCUT2D eigenvalue weighted by Gasteiger charge is 2.31. The van der Waals surface area contributed by atoms with Gasteiger partial charge in [-0.05, 0) is 5.56 Å². The van der Waals surface area contributed by atoms with Gasteiger partial charge in [0.25, 0.3) is 0 Å². The van der Waals surface area contributed by atoms with Crippen LogP contribution in [0.15, 0.2) is 91.0 Å². The maximum atomic E-state index is 14.0. The van der Waals surface area contributed by atoms with E-state index in [1.54, 1.807) is 0 Å². The molecule has 3 aromatic carbocycles. The van der Waals surface area contributed by atoms with Crippen molar-refractivity contribution in [1.29, 1.82) is 5.26 Å². The van der Waals surface area contributed by atoms with Crippen LogP contribution >= 0.6 is 7.14 Å². The summed E-state index contributed by atoms with van der Waals surface area (Å²) in [5.41, 5.74) is 0.909. The molecule has 0 saturated carbocycles. The van der Waals surface area contributed by atoms with Crippen LogP contribution in [-0.4, -0.2) is 6.16 Å². The molecule has 3 heteroatoms. The summed E-state index contributed by atoms with van der Waals surface area (Å²) in [5.74, 6) is -0.405. The molecule has 0 fully saturated rings. The Hall–Kier alpha value is -2.62. The largest absolute Gasteiger partial charge is 0.314 e. The van der Waals surface area contributed by atoms with Crippen LogP contribution in [0.2, 0.25) is 0 Å². The highest BCUT2D eigenvalue weighted by molar-refractivity contribution is 7.78. The van der Waals surface area contributed by atoms with Crippen molar-refractivity contribution >= 4 is 17.8 Å². The fourth-order valence-electron chi connectivity index (χ4n) is 2.86. The number of nitriles is 1. The summed E-state index contributed by atoms with van der Waals surface area (Å²) < 4.78 is 14.0. The lowest BCUT2D eigenvalue weighted by atomic mass is 10.0. The standard InChI is InChI=1S/C21H18NOP/c22-16-19(18-10-4-1-5-11-18)17-24(23,20-12-6-2-7-13-20)21-14-8-3-9-15-21/h1-15,19H,17H2. The highest BCUT2D eigenvalue weighted by atomic mass is 31.2. The van der Waals surface area contributed by atoms with Crippen molar-refractivity contribution in [1.82, 2.24) is 0 Å². The van der Waals surface area contributed by atoms with E-state index in [2.05, 4.69) is 6.07 Å². The Morgan fingerprint density at radius 2 is 1.17 bits per heavy atom. The second kappa shape index (κ2) is 7.30. The third kappa shape index (κ3) is 3.32. The first-order valence-electron chi connectivity index (χ1n) is 7.89. The molecule has 3 rings (SSSR count). The number of nitrogens with zero attached hydrogens (tertiary/aromatic N) is 1. The monoisotopic (exact) mass is 331 g/mol. The van der Waals surface area contributed by atoms with Gasteiger partial charge < -0.3 is 4.57 Å². The van der Waals surface area contributed by atoms with E-state index in [9.17, 15) is 9.83 Å². The number of hydrogen-bond donors (Lipinski definition) is 0. The molecule has 0 aliphatic rings. The van der Waals surface area contributed by atoms with Crippen LogP contribution in [0.3, 0.4) is 0 Å². The lowest BCUT2D eigenvalue weighted by Crippen LogP contribution is -2.21. The van der Waals surface area contributed by atoms with E-state index >= 15 is 0 Å². The molecule has 24 heavy (non-hydrogen) atoms. The predicted molar refractivity (Wildman–Crippen MR) is 99.4 cm³/mol. The van der Waals surface area contributed by atoms with Crippen molar-refractivity contribution in [3.05, 3.63) is 96.6 Å². The molecule has 1 atom stereocenters. The Kier molecular flexibility index (Phi) is 4.94. The summed E-state index contributed by atoms with van der Waals surface area (Å²) in [4.78, 5) is 0. The van der Waals surface area contributed by atoms with E-state index in [0.29, 0.717) is 6.16 Å². The van der Waals surface area contributed by atoms with Gasteiger partial charge in [-0.3, -0.25) is 0 Å². The van der Waals surface area contributed by atoms with Gasteiger partial charge in [0.2, 0.25) is 0 Å². The molecule has 0 heterocycles. The molecular weight excluding hydrogens is 313 g/mol. The van der Waals surface area contributed by atoms with Gasteiger partial charge in [-0.1, -0.05) is 91.0 Å². The van der Waals surface area contributed by atoms with E-state index in [1.165, 1.54) is 0 Å². The molecule has 1 unspecified atom stereocenters. The molecule has 0 spiro atoms. The summed E-state index contributed by atoms with van der Waals surface area (Å²) in [5, 5.41) is 11.3. The Morgan fingerprint density at radius 3 is 1.58 bits per heavy atom. The van der Waals surface area contributed by atoms with E-state index in [4.69, 9.17) is 0 Å². The molecular formula is C21H18NOP. The van der Waals surface area contributed by atoms with E-state index in [-0.39, 0.29) is 0 Å². The maximum Gasteiger partial charge on any atom is 0.144 e. The quantitative estimate of drug-likeness (QED) is 0.654. The van der Waals surface area contributed by atoms with Gasteiger partial charge in [-0.25, -0.2) is 0 Å². The molecule has 0 aromatic heterocycles. The molecule has 0 aliphatic carbocycles. The van der Waals surface area contributed by atoms with Crippen LogP contribution in [0.4, 0.5) is 0 Å². The first-order chi connectivity index (χ1) is 11.7. The summed E-state index contributed by atoms with van der Waals surface area (Å²) in [6.07, 6.45) is 0.307. The molecule has 0 radical (unpaired) electrons. The first-order valence-corrected chi connectivity index (χ1v) is 9.78. The van der Waals surface area contributed by atoms with Crippen molar-refractivity contribution in [3.63, 3.8) is 0 Å². The van der Waals surface area contributed by atoms with Crippen molar-refractivity contribution < 1.29 is 4.57 Å². The molecule has 118 valence electrons. The minimum absolute atomic E-state index is 0.307. The molecule has 0 amide bonds. The van der Waals surface area contributed by atoms with Gasteiger partial charge in [-0.2, -0.15) is 5.26 Å². The van der Waals surface area contributed by atoms with Crippen molar-refractivity contribution in [3.8, 4) is 6.07 Å². The predicted octanol–water partition coefficient (Wildman–Crippen LogP) is 4.31. The Balaban J connectivity index is 2.07. The normalized spacial score (nSPS) is 12.3. The molecule has 3 aromatic rings. The van der Waals surface area contributed by atoms with E-state index in [0.717, 1.165) is 16.2 Å². The Labute approximate surface area is 142 Å². The lowest BCUT2D eigenvalue weighted by Gasteiger charge is -2.22. The summed E-state index contributed by atoms with van der Waals surface area (Å²) in [6, 6.07) is 30.9. The number of benzene rings is 3.